The summed E-state index contributed by atoms with van der Waals surface area (Å²) in [7, 11) is 0. The van der Waals surface area contributed by atoms with Gasteiger partial charge in [0.25, 0.3) is 0 Å². The molecule has 1 saturated heterocycles. The number of ether oxygens (including phenoxy) is 1. The summed E-state index contributed by atoms with van der Waals surface area (Å²) in [4.78, 5) is 11.7. The Balaban J connectivity index is 1.67. The summed E-state index contributed by atoms with van der Waals surface area (Å²) < 4.78 is 6.43. The third-order valence-corrected chi connectivity index (χ3v) is 3.65. The molecule has 1 aliphatic rings. The average molecular weight is 327 g/mol. The van der Waals surface area contributed by atoms with Gasteiger partial charge in [0.2, 0.25) is 5.91 Å². The number of nitrogens with one attached hydrogen (secondary N) is 2. The lowest BCUT2D eigenvalue weighted by Crippen LogP contribution is -2.30. The van der Waals surface area contributed by atoms with Crippen LogP contribution >= 0.6 is 15.9 Å². The van der Waals surface area contributed by atoms with Crippen molar-refractivity contribution in [2.75, 3.05) is 31.6 Å². The SMILES string of the molecule is O=C(COCC1CCNCC1)Nc1cccc(Br)c1. The van der Waals surface area contributed by atoms with Crippen molar-refractivity contribution in [1.82, 2.24) is 5.32 Å². The first-order valence-corrected chi connectivity index (χ1v) is 7.37. The van der Waals surface area contributed by atoms with Crippen molar-refractivity contribution < 1.29 is 9.53 Å². The third-order valence-electron chi connectivity index (χ3n) is 3.15. The summed E-state index contributed by atoms with van der Waals surface area (Å²) in [6, 6.07) is 7.53. The molecule has 0 saturated carbocycles. The molecule has 0 atom stereocenters. The summed E-state index contributed by atoms with van der Waals surface area (Å²) in [6.07, 6.45) is 2.26. The molecule has 104 valence electrons. The summed E-state index contributed by atoms with van der Waals surface area (Å²) in [6.45, 7) is 2.90. The van der Waals surface area contributed by atoms with Crippen LogP contribution in [0.1, 0.15) is 12.8 Å². The van der Waals surface area contributed by atoms with Crippen molar-refractivity contribution in [1.29, 1.82) is 0 Å². The number of carbonyl (C=O) groups excluding carboxylic acids is 1. The van der Waals surface area contributed by atoms with Gasteiger partial charge in [-0.25, -0.2) is 0 Å². The second-order valence-corrected chi connectivity index (χ2v) is 5.68. The van der Waals surface area contributed by atoms with Gasteiger partial charge >= 0.3 is 0 Å². The number of anilines is 1. The Kier molecular flexibility index (Phi) is 5.82. The zero-order valence-electron chi connectivity index (χ0n) is 10.8. The zero-order valence-corrected chi connectivity index (χ0v) is 12.4. The van der Waals surface area contributed by atoms with Crippen molar-refractivity contribution in [2.24, 2.45) is 5.92 Å². The number of amides is 1. The van der Waals surface area contributed by atoms with Gasteiger partial charge in [-0.1, -0.05) is 22.0 Å². The molecule has 5 heteroatoms. The van der Waals surface area contributed by atoms with Crippen LogP contribution in [0.5, 0.6) is 0 Å². The van der Waals surface area contributed by atoms with Gasteiger partial charge in [-0.05, 0) is 50.0 Å². The van der Waals surface area contributed by atoms with Crippen LogP contribution in [0.15, 0.2) is 28.7 Å². The van der Waals surface area contributed by atoms with E-state index in [0.29, 0.717) is 12.5 Å². The molecule has 4 nitrogen and oxygen atoms in total. The van der Waals surface area contributed by atoms with E-state index in [1.54, 1.807) is 0 Å². The molecule has 19 heavy (non-hydrogen) atoms. The highest BCUT2D eigenvalue weighted by Crippen LogP contribution is 2.15. The Hall–Kier alpha value is -0.910. The molecule has 1 amide bonds. The molecule has 1 aromatic rings. The number of benzene rings is 1. The van der Waals surface area contributed by atoms with E-state index >= 15 is 0 Å². The summed E-state index contributed by atoms with van der Waals surface area (Å²) >= 11 is 3.37. The van der Waals surface area contributed by atoms with E-state index in [2.05, 4.69) is 26.6 Å². The van der Waals surface area contributed by atoms with Crippen LogP contribution in [0.4, 0.5) is 5.69 Å². The second-order valence-electron chi connectivity index (χ2n) is 4.77. The van der Waals surface area contributed by atoms with Gasteiger partial charge in [0.05, 0.1) is 6.61 Å². The molecule has 2 N–H and O–H groups in total. The predicted molar refractivity (Wildman–Crippen MR) is 79.2 cm³/mol. The summed E-state index contributed by atoms with van der Waals surface area (Å²) in [5.74, 6) is 0.479. The maximum Gasteiger partial charge on any atom is 0.250 e. The quantitative estimate of drug-likeness (QED) is 0.873. The molecule has 0 spiro atoms. The highest BCUT2D eigenvalue weighted by molar-refractivity contribution is 9.10. The van der Waals surface area contributed by atoms with E-state index in [0.717, 1.165) is 36.1 Å². The number of halogens is 1. The lowest BCUT2D eigenvalue weighted by molar-refractivity contribution is -0.121. The normalized spacial score (nSPS) is 16.3. The average Bonchev–Trinajstić information content (AvgIpc) is 2.40. The van der Waals surface area contributed by atoms with Gasteiger partial charge in [-0.3, -0.25) is 4.79 Å². The molecular weight excluding hydrogens is 308 g/mol. The van der Waals surface area contributed by atoms with Gasteiger partial charge < -0.3 is 15.4 Å². The van der Waals surface area contributed by atoms with E-state index in [9.17, 15) is 4.79 Å². The van der Waals surface area contributed by atoms with Crippen molar-refractivity contribution in [3.63, 3.8) is 0 Å². The van der Waals surface area contributed by atoms with Crippen LogP contribution in [-0.2, 0) is 9.53 Å². The molecule has 1 aliphatic heterocycles. The highest BCUT2D eigenvalue weighted by atomic mass is 79.9. The molecule has 1 aromatic carbocycles. The topological polar surface area (TPSA) is 50.4 Å². The first-order valence-electron chi connectivity index (χ1n) is 6.58. The minimum atomic E-state index is -0.105. The lowest BCUT2D eigenvalue weighted by atomic mass is 9.99. The van der Waals surface area contributed by atoms with Gasteiger partial charge in [-0.2, -0.15) is 0 Å². The molecule has 0 unspecified atom stereocenters. The zero-order chi connectivity index (χ0) is 13.5. The van der Waals surface area contributed by atoms with Crippen LogP contribution in [0.25, 0.3) is 0 Å². The van der Waals surface area contributed by atoms with Crippen LogP contribution in [-0.4, -0.2) is 32.2 Å². The van der Waals surface area contributed by atoms with E-state index in [4.69, 9.17) is 4.74 Å². The van der Waals surface area contributed by atoms with Gasteiger partial charge in [0.15, 0.2) is 0 Å². The van der Waals surface area contributed by atoms with Crippen molar-refractivity contribution in [3.8, 4) is 0 Å². The van der Waals surface area contributed by atoms with Crippen molar-refractivity contribution >= 4 is 27.5 Å². The molecular formula is C14H19BrN2O2. The van der Waals surface area contributed by atoms with E-state index in [-0.39, 0.29) is 12.5 Å². The van der Waals surface area contributed by atoms with Crippen LogP contribution < -0.4 is 10.6 Å². The summed E-state index contributed by atoms with van der Waals surface area (Å²) in [5, 5.41) is 6.13. The smallest absolute Gasteiger partial charge is 0.250 e. The first-order chi connectivity index (χ1) is 9.24. The standard InChI is InChI=1S/C14H19BrN2O2/c15-12-2-1-3-13(8-12)17-14(18)10-19-9-11-4-6-16-7-5-11/h1-3,8,11,16H,4-7,9-10H2,(H,17,18). The predicted octanol–water partition coefficient (Wildman–Crippen LogP) is 2.40. The highest BCUT2D eigenvalue weighted by Gasteiger charge is 2.13. The number of hydrogen-bond acceptors (Lipinski definition) is 3. The van der Waals surface area contributed by atoms with Crippen molar-refractivity contribution in [3.05, 3.63) is 28.7 Å². The lowest BCUT2D eigenvalue weighted by Gasteiger charge is -2.22. The minimum Gasteiger partial charge on any atom is -0.371 e. The van der Waals surface area contributed by atoms with Gasteiger partial charge in [0, 0.05) is 10.2 Å². The van der Waals surface area contributed by atoms with Crippen LogP contribution in [0.2, 0.25) is 0 Å². The fourth-order valence-electron chi connectivity index (χ4n) is 2.13. The van der Waals surface area contributed by atoms with E-state index in [1.165, 1.54) is 0 Å². The molecule has 2 rings (SSSR count). The Labute approximate surface area is 122 Å². The molecule has 0 radical (unpaired) electrons. The maximum atomic E-state index is 11.7. The molecule has 1 heterocycles. The monoisotopic (exact) mass is 326 g/mol. The van der Waals surface area contributed by atoms with Crippen LogP contribution in [0.3, 0.4) is 0 Å². The fraction of sp³-hybridized carbons (Fsp3) is 0.500. The van der Waals surface area contributed by atoms with Gasteiger partial charge in [0.1, 0.15) is 6.61 Å². The fourth-order valence-corrected chi connectivity index (χ4v) is 2.53. The first kappa shape index (κ1) is 14.5. The third kappa shape index (κ3) is 5.30. The van der Waals surface area contributed by atoms with Gasteiger partial charge in [-0.15, -0.1) is 0 Å². The summed E-state index contributed by atoms with van der Waals surface area (Å²) in [5.41, 5.74) is 0.782. The maximum absolute atomic E-state index is 11.7. The van der Waals surface area contributed by atoms with E-state index < -0.39 is 0 Å². The second kappa shape index (κ2) is 7.62. The Bertz CT molecular complexity index is 420. The van der Waals surface area contributed by atoms with Crippen LogP contribution in [0, 0.1) is 5.92 Å². The molecule has 0 aliphatic carbocycles. The Morgan fingerprint density at radius 3 is 2.95 bits per heavy atom. The van der Waals surface area contributed by atoms with Crippen molar-refractivity contribution in [2.45, 2.75) is 12.8 Å². The van der Waals surface area contributed by atoms with E-state index in [1.807, 2.05) is 24.3 Å². The Morgan fingerprint density at radius 2 is 2.21 bits per heavy atom. The molecule has 0 bridgehead atoms. The molecule has 0 aromatic heterocycles. The minimum absolute atomic E-state index is 0.105. The molecule has 1 fully saturated rings. The largest absolute Gasteiger partial charge is 0.371 e. The number of hydrogen-bond donors (Lipinski definition) is 2. The number of piperidine rings is 1. The number of rotatable bonds is 5. The Morgan fingerprint density at radius 1 is 1.42 bits per heavy atom. The number of carbonyl (C=O) groups is 1.